The Bertz CT molecular complexity index is 671. The third kappa shape index (κ3) is 3.17. The summed E-state index contributed by atoms with van der Waals surface area (Å²) in [5.41, 5.74) is 3.40. The van der Waals surface area contributed by atoms with Crippen LogP contribution in [0.2, 0.25) is 0 Å². The fraction of sp³-hybridized carbons (Fsp3) is 0.500. The Labute approximate surface area is 131 Å². The number of fused-ring (bicyclic) bond motifs is 1. The van der Waals surface area contributed by atoms with E-state index in [-0.39, 0.29) is 12.5 Å². The van der Waals surface area contributed by atoms with Crippen LogP contribution >= 0.6 is 0 Å². The third-order valence-corrected chi connectivity index (χ3v) is 4.05. The van der Waals surface area contributed by atoms with Gasteiger partial charge in [-0.3, -0.25) is 0 Å². The normalized spacial score (nSPS) is 11.5. The number of carboxylic acids is 1. The van der Waals surface area contributed by atoms with E-state index in [9.17, 15) is 9.90 Å². The van der Waals surface area contributed by atoms with E-state index in [4.69, 9.17) is 5.11 Å². The number of aliphatic hydroxyl groups excluding tert-OH is 1. The molecule has 0 aliphatic carbocycles. The van der Waals surface area contributed by atoms with E-state index in [0.29, 0.717) is 18.5 Å². The Morgan fingerprint density at radius 1 is 1.32 bits per heavy atom. The molecule has 22 heavy (non-hydrogen) atoms. The number of rotatable bonds is 7. The van der Waals surface area contributed by atoms with Gasteiger partial charge in [-0.2, -0.15) is 0 Å². The highest BCUT2D eigenvalue weighted by Gasteiger charge is 2.18. The molecule has 2 aromatic rings. The fourth-order valence-electron chi connectivity index (χ4n) is 2.92. The van der Waals surface area contributed by atoms with Crippen molar-refractivity contribution in [1.82, 2.24) is 4.57 Å². The molecule has 0 saturated carbocycles. The lowest BCUT2D eigenvalue weighted by Gasteiger charge is -2.11. The highest BCUT2D eigenvalue weighted by atomic mass is 16.4. The molecule has 0 bridgehead atoms. The lowest BCUT2D eigenvalue weighted by molar-refractivity contribution is 0.0698. The molecule has 2 N–H and O–H groups in total. The number of nitrogens with zero attached hydrogens (tertiary/aromatic N) is 1. The van der Waals surface area contributed by atoms with Crippen LogP contribution in [0.25, 0.3) is 10.9 Å². The van der Waals surface area contributed by atoms with Crippen molar-refractivity contribution in [2.24, 2.45) is 0 Å². The number of carbonyl (C=O) groups is 1. The average molecular weight is 303 g/mol. The van der Waals surface area contributed by atoms with Gasteiger partial charge in [-0.05, 0) is 42.0 Å². The zero-order valence-corrected chi connectivity index (χ0v) is 13.6. The molecule has 0 atom stereocenters. The fourth-order valence-corrected chi connectivity index (χ4v) is 2.92. The van der Waals surface area contributed by atoms with Crippen molar-refractivity contribution in [2.45, 2.75) is 52.5 Å². The lowest BCUT2D eigenvalue weighted by Crippen LogP contribution is -2.05. The van der Waals surface area contributed by atoms with Crippen molar-refractivity contribution in [3.63, 3.8) is 0 Å². The minimum Gasteiger partial charge on any atom is -0.478 e. The number of benzene rings is 1. The summed E-state index contributed by atoms with van der Waals surface area (Å²) in [5, 5.41) is 19.7. The Balaban J connectivity index is 2.73. The van der Waals surface area contributed by atoms with Crippen LogP contribution in [0.3, 0.4) is 0 Å². The van der Waals surface area contributed by atoms with Crippen LogP contribution < -0.4 is 0 Å². The van der Waals surface area contributed by atoms with E-state index in [1.807, 2.05) is 4.57 Å². The maximum atomic E-state index is 11.7. The summed E-state index contributed by atoms with van der Waals surface area (Å²) in [6, 6.07) is 3.92. The molecule has 0 fully saturated rings. The van der Waals surface area contributed by atoms with Gasteiger partial charge in [0.2, 0.25) is 0 Å². The van der Waals surface area contributed by atoms with Gasteiger partial charge < -0.3 is 14.8 Å². The van der Waals surface area contributed by atoms with Crippen molar-refractivity contribution in [3.05, 3.63) is 35.0 Å². The summed E-state index contributed by atoms with van der Waals surface area (Å²) in [4.78, 5) is 11.7. The first-order chi connectivity index (χ1) is 10.5. The van der Waals surface area contributed by atoms with Crippen molar-refractivity contribution in [1.29, 1.82) is 0 Å². The first-order valence-corrected chi connectivity index (χ1v) is 7.99. The van der Waals surface area contributed by atoms with E-state index in [0.717, 1.165) is 29.3 Å². The van der Waals surface area contributed by atoms with Crippen LogP contribution in [0.15, 0.2) is 18.3 Å². The Kier molecular flexibility index (Phi) is 5.24. The molecule has 0 aliphatic rings. The molecule has 4 nitrogen and oxygen atoms in total. The van der Waals surface area contributed by atoms with E-state index >= 15 is 0 Å². The van der Waals surface area contributed by atoms with Crippen molar-refractivity contribution in [3.8, 4) is 0 Å². The number of hydrogen-bond donors (Lipinski definition) is 2. The molecule has 0 radical (unpaired) electrons. The van der Waals surface area contributed by atoms with Gasteiger partial charge in [-0.1, -0.05) is 27.2 Å². The van der Waals surface area contributed by atoms with Crippen molar-refractivity contribution in [2.75, 3.05) is 6.61 Å². The molecule has 1 aromatic heterocycles. The minimum atomic E-state index is -0.890. The Morgan fingerprint density at radius 3 is 2.59 bits per heavy atom. The quantitative estimate of drug-likeness (QED) is 0.818. The molecule has 0 amide bonds. The second-order valence-electron chi connectivity index (χ2n) is 6.10. The summed E-state index contributed by atoms with van der Waals surface area (Å²) in [5.74, 6) is -0.600. The Hall–Kier alpha value is -1.81. The second kappa shape index (κ2) is 6.97. The smallest absolute Gasteiger partial charge is 0.337 e. The van der Waals surface area contributed by atoms with Crippen LogP contribution in [0, 0.1) is 0 Å². The van der Waals surface area contributed by atoms with Crippen LogP contribution in [0.4, 0.5) is 0 Å². The molecular formula is C18H25NO3. The van der Waals surface area contributed by atoms with Gasteiger partial charge in [-0.15, -0.1) is 0 Å². The SMILES string of the molecule is CCCc1cn(CCCO)c2c(C(=O)O)cc(C(C)C)cc12. The first kappa shape index (κ1) is 16.6. The summed E-state index contributed by atoms with van der Waals surface area (Å²) in [6.07, 6.45) is 4.64. The third-order valence-electron chi connectivity index (χ3n) is 4.05. The van der Waals surface area contributed by atoms with Gasteiger partial charge >= 0.3 is 5.97 Å². The molecular weight excluding hydrogens is 278 g/mol. The van der Waals surface area contributed by atoms with Crippen LogP contribution in [0.5, 0.6) is 0 Å². The van der Waals surface area contributed by atoms with Crippen LogP contribution in [0.1, 0.15) is 61.0 Å². The lowest BCUT2D eigenvalue weighted by atomic mass is 9.96. The predicted molar refractivity (Wildman–Crippen MR) is 88.7 cm³/mol. The summed E-state index contributed by atoms with van der Waals surface area (Å²) in [6.45, 7) is 7.03. The highest BCUT2D eigenvalue weighted by Crippen LogP contribution is 2.30. The number of aromatic carboxylic acids is 1. The van der Waals surface area contributed by atoms with E-state index < -0.39 is 5.97 Å². The van der Waals surface area contributed by atoms with Gasteiger partial charge in [-0.25, -0.2) is 4.79 Å². The van der Waals surface area contributed by atoms with Gasteiger partial charge in [0.25, 0.3) is 0 Å². The number of aryl methyl sites for hydroxylation is 2. The van der Waals surface area contributed by atoms with Gasteiger partial charge in [0, 0.05) is 24.7 Å². The molecule has 1 aromatic carbocycles. The molecule has 0 aliphatic heterocycles. The van der Waals surface area contributed by atoms with E-state index in [1.165, 1.54) is 5.56 Å². The van der Waals surface area contributed by atoms with Crippen molar-refractivity contribution < 1.29 is 15.0 Å². The standard InChI is InChI=1S/C18H25NO3/c1-4-6-13-11-19(7-5-8-20)17-15(13)9-14(12(2)3)10-16(17)18(21)22/h9-12,20H,4-8H2,1-3H3,(H,21,22). The molecule has 1 heterocycles. The predicted octanol–water partition coefficient (Wildman–Crippen LogP) is 3.80. The number of carboxylic acid groups (broad SMARTS) is 1. The first-order valence-electron chi connectivity index (χ1n) is 7.99. The second-order valence-corrected chi connectivity index (χ2v) is 6.10. The maximum absolute atomic E-state index is 11.7. The van der Waals surface area contributed by atoms with Gasteiger partial charge in [0.05, 0.1) is 11.1 Å². The van der Waals surface area contributed by atoms with E-state index in [2.05, 4.69) is 33.0 Å². The topological polar surface area (TPSA) is 62.5 Å². The monoisotopic (exact) mass is 303 g/mol. The van der Waals surface area contributed by atoms with Gasteiger partial charge in [0.15, 0.2) is 0 Å². The minimum absolute atomic E-state index is 0.106. The number of hydrogen-bond acceptors (Lipinski definition) is 2. The zero-order chi connectivity index (χ0) is 16.3. The maximum Gasteiger partial charge on any atom is 0.337 e. The molecule has 120 valence electrons. The molecule has 0 saturated heterocycles. The van der Waals surface area contributed by atoms with E-state index in [1.54, 1.807) is 6.07 Å². The molecule has 2 rings (SSSR count). The molecule has 0 spiro atoms. The summed E-state index contributed by atoms with van der Waals surface area (Å²) >= 11 is 0. The van der Waals surface area contributed by atoms with Gasteiger partial charge in [0.1, 0.15) is 0 Å². The van der Waals surface area contributed by atoms with Crippen LogP contribution in [-0.2, 0) is 13.0 Å². The molecule has 0 unspecified atom stereocenters. The zero-order valence-electron chi connectivity index (χ0n) is 13.6. The number of aromatic nitrogens is 1. The van der Waals surface area contributed by atoms with Crippen LogP contribution in [-0.4, -0.2) is 27.4 Å². The number of aliphatic hydroxyl groups is 1. The Morgan fingerprint density at radius 2 is 2.05 bits per heavy atom. The van der Waals surface area contributed by atoms with Crippen molar-refractivity contribution >= 4 is 16.9 Å². The molecule has 4 heteroatoms. The summed E-state index contributed by atoms with van der Waals surface area (Å²) < 4.78 is 1.99. The largest absolute Gasteiger partial charge is 0.478 e. The summed E-state index contributed by atoms with van der Waals surface area (Å²) in [7, 11) is 0. The highest BCUT2D eigenvalue weighted by molar-refractivity contribution is 6.04. The average Bonchev–Trinajstić information content (AvgIpc) is 2.82.